The maximum absolute atomic E-state index is 13.6. The average molecular weight is 578 g/mol. The molecule has 0 aliphatic heterocycles. The molecule has 0 aliphatic carbocycles. The molecule has 10 heteroatoms. The first kappa shape index (κ1) is 28.7. The molecule has 0 radical (unpaired) electrons. The van der Waals surface area contributed by atoms with E-state index >= 15 is 0 Å². The van der Waals surface area contributed by atoms with E-state index in [0.717, 1.165) is 15.4 Å². The minimum atomic E-state index is -4.12. The largest absolute Gasteiger partial charge is 0.495 e. The second-order valence-corrected chi connectivity index (χ2v) is 11.0. The van der Waals surface area contributed by atoms with Gasteiger partial charge in [-0.05, 0) is 55.0 Å². The number of anilines is 1. The van der Waals surface area contributed by atoms with Crippen molar-refractivity contribution >= 4 is 39.4 Å². The van der Waals surface area contributed by atoms with Crippen LogP contribution in [0.15, 0.2) is 107 Å². The summed E-state index contributed by atoms with van der Waals surface area (Å²) >= 11 is 6.28. The van der Waals surface area contributed by atoms with Crippen LogP contribution in [-0.4, -0.2) is 34.2 Å². The van der Waals surface area contributed by atoms with E-state index in [1.807, 2.05) is 49.4 Å². The molecule has 0 bridgehead atoms. The summed E-state index contributed by atoms with van der Waals surface area (Å²) in [6.07, 6.45) is 1.45. The SMILES string of the molecule is COc1ccc(N(CC(=O)N/N=C\c2ccccc2OCc2ccccc2)S(=O)(=O)c2ccc(C)cc2)cc1Cl. The number of carbonyl (C=O) groups excluding carboxylic acids is 1. The van der Waals surface area contributed by atoms with Crippen LogP contribution in [0.3, 0.4) is 0 Å². The lowest BCUT2D eigenvalue weighted by Gasteiger charge is -2.24. The topological polar surface area (TPSA) is 97.3 Å². The molecule has 0 aromatic heterocycles. The maximum atomic E-state index is 13.6. The number of para-hydroxylation sites is 1. The molecule has 0 unspecified atom stereocenters. The number of halogens is 1. The Balaban J connectivity index is 1.52. The first-order valence-electron chi connectivity index (χ1n) is 12.3. The van der Waals surface area contributed by atoms with Crippen LogP contribution in [0.25, 0.3) is 0 Å². The molecule has 206 valence electrons. The van der Waals surface area contributed by atoms with Crippen molar-refractivity contribution in [2.24, 2.45) is 5.10 Å². The molecule has 0 atom stereocenters. The minimum Gasteiger partial charge on any atom is -0.495 e. The van der Waals surface area contributed by atoms with Crippen molar-refractivity contribution in [3.05, 3.63) is 119 Å². The van der Waals surface area contributed by atoms with Gasteiger partial charge in [-0.15, -0.1) is 0 Å². The van der Waals surface area contributed by atoms with Gasteiger partial charge in [0, 0.05) is 5.56 Å². The highest BCUT2D eigenvalue weighted by atomic mass is 35.5. The standard InChI is InChI=1S/C30H28ClN3O5S/c1-22-12-15-26(16-13-22)40(36,37)34(25-14-17-29(38-2)27(31)18-25)20-30(35)33-32-19-24-10-6-7-11-28(24)39-21-23-8-4-3-5-9-23/h3-19H,20-21H2,1-2H3,(H,33,35)/b32-19-. The lowest BCUT2D eigenvalue weighted by molar-refractivity contribution is -0.119. The van der Waals surface area contributed by atoms with Gasteiger partial charge in [-0.1, -0.05) is 71.8 Å². The van der Waals surface area contributed by atoms with Gasteiger partial charge in [-0.2, -0.15) is 5.10 Å². The van der Waals surface area contributed by atoms with Crippen molar-refractivity contribution in [2.45, 2.75) is 18.4 Å². The molecule has 4 aromatic rings. The Kier molecular flexibility index (Phi) is 9.42. The molecule has 0 fully saturated rings. The number of aryl methyl sites for hydroxylation is 1. The number of rotatable bonds is 11. The lowest BCUT2D eigenvalue weighted by atomic mass is 10.2. The number of sulfonamides is 1. The summed E-state index contributed by atoms with van der Waals surface area (Å²) in [4.78, 5) is 13.0. The number of methoxy groups -OCH3 is 1. The number of hydrogen-bond acceptors (Lipinski definition) is 6. The zero-order chi connectivity index (χ0) is 28.5. The molecule has 0 saturated heterocycles. The highest BCUT2D eigenvalue weighted by Crippen LogP contribution is 2.32. The third-order valence-electron chi connectivity index (χ3n) is 5.87. The summed E-state index contributed by atoms with van der Waals surface area (Å²) in [5, 5.41) is 4.25. The zero-order valence-corrected chi connectivity index (χ0v) is 23.5. The summed E-state index contributed by atoms with van der Waals surface area (Å²) in [6, 6.07) is 27.8. The normalized spacial score (nSPS) is 11.3. The van der Waals surface area contributed by atoms with Crippen LogP contribution in [0.1, 0.15) is 16.7 Å². The molecular formula is C30H28ClN3O5S. The molecular weight excluding hydrogens is 550 g/mol. The van der Waals surface area contributed by atoms with E-state index < -0.39 is 22.5 Å². The predicted molar refractivity (Wildman–Crippen MR) is 157 cm³/mol. The van der Waals surface area contributed by atoms with Crippen molar-refractivity contribution in [3.8, 4) is 11.5 Å². The van der Waals surface area contributed by atoms with Crippen molar-refractivity contribution in [1.82, 2.24) is 5.43 Å². The number of ether oxygens (including phenoxy) is 2. The van der Waals surface area contributed by atoms with Crippen LogP contribution in [0.4, 0.5) is 5.69 Å². The maximum Gasteiger partial charge on any atom is 0.264 e. The van der Waals surface area contributed by atoms with Crippen LogP contribution in [0, 0.1) is 6.92 Å². The number of benzene rings is 4. The van der Waals surface area contributed by atoms with Crippen molar-refractivity contribution < 1.29 is 22.7 Å². The third kappa shape index (κ3) is 7.19. The number of carbonyl (C=O) groups is 1. The van der Waals surface area contributed by atoms with Gasteiger partial charge in [0.15, 0.2) is 0 Å². The second kappa shape index (κ2) is 13.1. The summed E-state index contributed by atoms with van der Waals surface area (Å²) in [6.45, 7) is 1.68. The average Bonchev–Trinajstić information content (AvgIpc) is 2.96. The molecule has 1 amide bonds. The number of nitrogens with zero attached hydrogens (tertiary/aromatic N) is 2. The highest BCUT2D eigenvalue weighted by molar-refractivity contribution is 7.92. The molecule has 8 nitrogen and oxygen atoms in total. The van der Waals surface area contributed by atoms with Gasteiger partial charge in [0.1, 0.15) is 24.7 Å². The highest BCUT2D eigenvalue weighted by Gasteiger charge is 2.28. The van der Waals surface area contributed by atoms with Crippen LogP contribution < -0.4 is 19.2 Å². The van der Waals surface area contributed by atoms with E-state index in [1.165, 1.54) is 43.7 Å². The van der Waals surface area contributed by atoms with Crippen LogP contribution in [0.5, 0.6) is 11.5 Å². The first-order chi connectivity index (χ1) is 19.3. The minimum absolute atomic E-state index is 0.0332. The molecule has 0 heterocycles. The molecule has 4 rings (SSSR count). The fourth-order valence-electron chi connectivity index (χ4n) is 3.76. The fourth-order valence-corrected chi connectivity index (χ4v) is 5.42. The van der Waals surface area contributed by atoms with Crippen LogP contribution in [0.2, 0.25) is 5.02 Å². The smallest absolute Gasteiger partial charge is 0.264 e. The molecule has 4 aromatic carbocycles. The fraction of sp³-hybridized carbons (Fsp3) is 0.133. The van der Waals surface area contributed by atoms with E-state index in [2.05, 4.69) is 10.5 Å². The second-order valence-electron chi connectivity index (χ2n) is 8.75. The van der Waals surface area contributed by atoms with Crippen molar-refractivity contribution in [1.29, 1.82) is 0 Å². The van der Waals surface area contributed by atoms with E-state index in [0.29, 0.717) is 23.7 Å². The van der Waals surface area contributed by atoms with Gasteiger partial charge >= 0.3 is 0 Å². The summed E-state index contributed by atoms with van der Waals surface area (Å²) in [5.41, 5.74) is 5.17. The Morgan fingerprint density at radius 2 is 1.65 bits per heavy atom. The summed E-state index contributed by atoms with van der Waals surface area (Å²) in [5.74, 6) is 0.308. The first-order valence-corrected chi connectivity index (χ1v) is 14.1. The van der Waals surface area contributed by atoms with Crippen molar-refractivity contribution in [2.75, 3.05) is 18.0 Å². The van der Waals surface area contributed by atoms with E-state index in [9.17, 15) is 13.2 Å². The number of amides is 1. The van der Waals surface area contributed by atoms with Crippen LogP contribution >= 0.6 is 11.6 Å². The third-order valence-corrected chi connectivity index (χ3v) is 7.95. The Bertz CT molecular complexity index is 1590. The molecule has 0 aliphatic rings. The van der Waals surface area contributed by atoms with Crippen LogP contribution in [-0.2, 0) is 21.4 Å². The van der Waals surface area contributed by atoms with E-state index in [1.54, 1.807) is 24.3 Å². The number of hydrazone groups is 1. The Labute approximate surface area is 238 Å². The molecule has 1 N–H and O–H groups in total. The Morgan fingerprint density at radius 1 is 0.950 bits per heavy atom. The monoisotopic (exact) mass is 577 g/mol. The van der Waals surface area contributed by atoms with Gasteiger partial charge in [-0.3, -0.25) is 9.10 Å². The number of nitrogens with one attached hydrogen (secondary N) is 1. The van der Waals surface area contributed by atoms with E-state index in [-0.39, 0.29) is 15.6 Å². The molecule has 40 heavy (non-hydrogen) atoms. The Morgan fingerprint density at radius 3 is 2.35 bits per heavy atom. The van der Waals surface area contributed by atoms with Gasteiger partial charge in [0.2, 0.25) is 0 Å². The van der Waals surface area contributed by atoms with E-state index in [4.69, 9.17) is 21.1 Å². The molecule has 0 saturated carbocycles. The van der Waals surface area contributed by atoms with Gasteiger partial charge in [-0.25, -0.2) is 13.8 Å². The Hall–Kier alpha value is -4.34. The summed E-state index contributed by atoms with van der Waals surface area (Å²) < 4.78 is 39.3. The van der Waals surface area contributed by atoms with Crippen molar-refractivity contribution in [3.63, 3.8) is 0 Å². The number of hydrogen-bond donors (Lipinski definition) is 1. The lowest BCUT2D eigenvalue weighted by Crippen LogP contribution is -2.39. The predicted octanol–water partition coefficient (Wildman–Crippen LogP) is 5.58. The molecule has 0 spiro atoms. The van der Waals surface area contributed by atoms with Gasteiger partial charge in [0.25, 0.3) is 15.9 Å². The zero-order valence-electron chi connectivity index (χ0n) is 22.0. The van der Waals surface area contributed by atoms with Gasteiger partial charge < -0.3 is 9.47 Å². The summed E-state index contributed by atoms with van der Waals surface area (Å²) in [7, 11) is -2.66. The quantitative estimate of drug-likeness (QED) is 0.185. The van der Waals surface area contributed by atoms with Gasteiger partial charge in [0.05, 0.1) is 28.9 Å².